The van der Waals surface area contributed by atoms with E-state index in [9.17, 15) is 4.39 Å². The lowest BCUT2D eigenvalue weighted by Crippen LogP contribution is -2.04. The van der Waals surface area contributed by atoms with E-state index in [-0.39, 0.29) is 5.82 Å². The fraction of sp³-hybridized carbons (Fsp3) is 0.0714. The maximum Gasteiger partial charge on any atom is 0.201 e. The molecule has 0 amide bonds. The van der Waals surface area contributed by atoms with Crippen molar-refractivity contribution in [1.29, 1.82) is 0 Å². The largest absolute Gasteiger partial charge is 0.369 e. The molecule has 0 spiro atoms. The highest BCUT2D eigenvalue weighted by Gasteiger charge is 2.12. The third-order valence-corrected chi connectivity index (χ3v) is 4.21. The quantitative estimate of drug-likeness (QED) is 0.698. The lowest BCUT2D eigenvalue weighted by molar-refractivity contribution is 0.622. The molecule has 2 N–H and O–H groups in total. The van der Waals surface area contributed by atoms with Gasteiger partial charge in [0.15, 0.2) is 0 Å². The van der Waals surface area contributed by atoms with Crippen LogP contribution in [0, 0.1) is 5.82 Å². The van der Waals surface area contributed by atoms with Gasteiger partial charge in [0.25, 0.3) is 0 Å². The molecule has 0 aliphatic carbocycles. The molecule has 0 aliphatic heterocycles. The number of fused-ring (bicyclic) bond motifs is 1. The summed E-state index contributed by atoms with van der Waals surface area (Å²) in [5.41, 5.74) is 8.37. The maximum absolute atomic E-state index is 13.7. The highest BCUT2D eigenvalue weighted by molar-refractivity contribution is 9.10. The van der Waals surface area contributed by atoms with Crippen LogP contribution in [0.5, 0.6) is 0 Å². The third-order valence-electron chi connectivity index (χ3n) is 3.07. The first-order valence-corrected chi connectivity index (χ1v) is 7.48. The van der Waals surface area contributed by atoms with E-state index in [1.54, 1.807) is 10.6 Å². The van der Waals surface area contributed by atoms with Crippen molar-refractivity contribution in [2.24, 2.45) is 0 Å². The minimum atomic E-state index is -0.325. The molecule has 0 bridgehead atoms. The Kier molecular flexibility index (Phi) is 3.52. The zero-order chi connectivity index (χ0) is 14.3. The molecule has 3 aromatic rings. The average Bonchev–Trinajstić information content (AvgIpc) is 2.69. The second-order valence-corrected chi connectivity index (χ2v) is 6.21. The predicted octanol–water partition coefficient (Wildman–Crippen LogP) is 4.33. The molecule has 3 rings (SSSR count). The Bertz CT molecular complexity index is 781. The van der Waals surface area contributed by atoms with E-state index in [0.29, 0.717) is 28.0 Å². The number of anilines is 1. The van der Waals surface area contributed by atoms with Crippen LogP contribution in [0.4, 0.5) is 10.3 Å². The minimum Gasteiger partial charge on any atom is -0.369 e. The summed E-state index contributed by atoms with van der Waals surface area (Å²) in [7, 11) is 0. The van der Waals surface area contributed by atoms with Gasteiger partial charge in [-0.05, 0) is 39.7 Å². The van der Waals surface area contributed by atoms with Crippen LogP contribution in [0.3, 0.4) is 0 Å². The van der Waals surface area contributed by atoms with Crippen LogP contribution in [0.25, 0.3) is 11.0 Å². The lowest BCUT2D eigenvalue weighted by atomic mass is 10.2. The number of benzene rings is 2. The smallest absolute Gasteiger partial charge is 0.201 e. The van der Waals surface area contributed by atoms with Gasteiger partial charge < -0.3 is 10.3 Å². The Morgan fingerprint density at radius 3 is 2.55 bits per heavy atom. The topological polar surface area (TPSA) is 43.8 Å². The zero-order valence-electron chi connectivity index (χ0n) is 10.3. The van der Waals surface area contributed by atoms with Crippen molar-refractivity contribution in [2.75, 3.05) is 5.73 Å². The molecular weight excluding hydrogens is 389 g/mol. The number of hydrogen-bond acceptors (Lipinski definition) is 2. The van der Waals surface area contributed by atoms with Crippen LogP contribution in [0.1, 0.15) is 5.56 Å². The molecule has 2 aromatic carbocycles. The average molecular weight is 399 g/mol. The summed E-state index contributed by atoms with van der Waals surface area (Å²) in [5.74, 6) is 0.0508. The molecule has 0 saturated carbocycles. The number of imidazole rings is 1. The van der Waals surface area contributed by atoms with E-state index in [0.717, 1.165) is 10.0 Å². The number of nitrogens with two attached hydrogens (primary N) is 1. The van der Waals surface area contributed by atoms with Crippen molar-refractivity contribution in [3.8, 4) is 0 Å². The summed E-state index contributed by atoms with van der Waals surface area (Å²) in [5, 5.41) is 0. The van der Waals surface area contributed by atoms with Crippen LogP contribution in [0.2, 0.25) is 0 Å². The van der Waals surface area contributed by atoms with E-state index < -0.39 is 0 Å². The molecule has 0 unspecified atom stereocenters. The molecule has 6 heteroatoms. The van der Waals surface area contributed by atoms with Gasteiger partial charge in [-0.2, -0.15) is 0 Å². The number of nitrogens with zero attached hydrogens (tertiary/aromatic N) is 2. The Morgan fingerprint density at radius 2 is 1.85 bits per heavy atom. The van der Waals surface area contributed by atoms with Gasteiger partial charge in [0.2, 0.25) is 5.95 Å². The standard InChI is InChI=1S/C14H10Br2FN3/c15-9-3-1-8(2-4-9)7-20-13-6-11(17)10(16)5-12(13)19-14(20)18/h1-6H,7H2,(H2,18,19). The third kappa shape index (κ3) is 2.45. The summed E-state index contributed by atoms with van der Waals surface area (Å²) in [4.78, 5) is 4.26. The van der Waals surface area contributed by atoms with Crippen LogP contribution < -0.4 is 5.73 Å². The molecule has 102 valence electrons. The normalized spacial score (nSPS) is 11.2. The van der Waals surface area contributed by atoms with Gasteiger partial charge in [-0.1, -0.05) is 28.1 Å². The second kappa shape index (κ2) is 5.18. The number of halogens is 3. The Balaban J connectivity index is 2.08. The van der Waals surface area contributed by atoms with Gasteiger partial charge in [-0.3, -0.25) is 0 Å². The van der Waals surface area contributed by atoms with E-state index >= 15 is 0 Å². The molecule has 1 heterocycles. The van der Waals surface area contributed by atoms with Crippen LogP contribution in [-0.2, 0) is 6.54 Å². The van der Waals surface area contributed by atoms with Gasteiger partial charge in [-0.15, -0.1) is 0 Å². The van der Waals surface area contributed by atoms with Crippen molar-refractivity contribution in [3.63, 3.8) is 0 Å². The second-order valence-electron chi connectivity index (χ2n) is 4.44. The van der Waals surface area contributed by atoms with Gasteiger partial charge >= 0.3 is 0 Å². The van der Waals surface area contributed by atoms with Crippen molar-refractivity contribution in [3.05, 3.63) is 56.7 Å². The number of hydrogen-bond donors (Lipinski definition) is 1. The molecule has 0 aliphatic rings. The first kappa shape index (κ1) is 13.6. The molecule has 1 aromatic heterocycles. The lowest BCUT2D eigenvalue weighted by Gasteiger charge is -2.07. The van der Waals surface area contributed by atoms with Crippen LogP contribution >= 0.6 is 31.9 Å². The molecule has 20 heavy (non-hydrogen) atoms. The monoisotopic (exact) mass is 397 g/mol. The van der Waals surface area contributed by atoms with Crippen molar-refractivity contribution in [1.82, 2.24) is 9.55 Å². The first-order chi connectivity index (χ1) is 9.54. The first-order valence-electron chi connectivity index (χ1n) is 5.90. The summed E-state index contributed by atoms with van der Waals surface area (Å²) in [6.45, 7) is 0.552. The Labute approximate surface area is 131 Å². The van der Waals surface area contributed by atoms with Crippen molar-refractivity contribution in [2.45, 2.75) is 6.54 Å². The van der Waals surface area contributed by atoms with Gasteiger partial charge in [0.05, 0.1) is 22.1 Å². The molecule has 3 nitrogen and oxygen atoms in total. The predicted molar refractivity (Wildman–Crippen MR) is 85.0 cm³/mol. The van der Waals surface area contributed by atoms with Crippen LogP contribution in [0.15, 0.2) is 45.3 Å². The fourth-order valence-electron chi connectivity index (χ4n) is 2.08. The summed E-state index contributed by atoms with van der Waals surface area (Å²) in [6.07, 6.45) is 0. The summed E-state index contributed by atoms with van der Waals surface area (Å²) in [6, 6.07) is 11.0. The Morgan fingerprint density at radius 1 is 1.15 bits per heavy atom. The molecule has 0 saturated heterocycles. The van der Waals surface area contributed by atoms with Crippen molar-refractivity contribution < 1.29 is 4.39 Å². The molecule has 0 fully saturated rings. The minimum absolute atomic E-state index is 0.325. The number of rotatable bonds is 2. The highest BCUT2D eigenvalue weighted by atomic mass is 79.9. The fourth-order valence-corrected chi connectivity index (χ4v) is 2.67. The number of nitrogen functional groups attached to an aromatic ring is 1. The van der Waals surface area contributed by atoms with E-state index in [4.69, 9.17) is 5.73 Å². The van der Waals surface area contributed by atoms with Gasteiger partial charge in [0, 0.05) is 10.5 Å². The van der Waals surface area contributed by atoms with Crippen molar-refractivity contribution >= 4 is 48.8 Å². The summed E-state index contributed by atoms with van der Waals surface area (Å²) < 4.78 is 16.9. The maximum atomic E-state index is 13.7. The van der Waals surface area contributed by atoms with Crippen LogP contribution in [-0.4, -0.2) is 9.55 Å². The van der Waals surface area contributed by atoms with Gasteiger partial charge in [-0.25, -0.2) is 9.37 Å². The highest BCUT2D eigenvalue weighted by Crippen LogP contribution is 2.26. The molecular formula is C14H10Br2FN3. The van der Waals surface area contributed by atoms with E-state index in [1.165, 1.54) is 6.07 Å². The van der Waals surface area contributed by atoms with Gasteiger partial charge in [0.1, 0.15) is 5.82 Å². The Hall–Kier alpha value is -1.40. The summed E-state index contributed by atoms with van der Waals surface area (Å²) >= 11 is 6.55. The SMILES string of the molecule is Nc1nc2cc(Br)c(F)cc2n1Cc1ccc(Br)cc1. The molecule has 0 atom stereocenters. The number of aromatic nitrogens is 2. The molecule has 0 radical (unpaired) electrons. The van der Waals surface area contributed by atoms with E-state index in [2.05, 4.69) is 36.8 Å². The van der Waals surface area contributed by atoms with E-state index in [1.807, 2.05) is 24.3 Å². The zero-order valence-corrected chi connectivity index (χ0v) is 13.4.